The maximum atomic E-state index is 3.52. The molecule has 19 heavy (non-hydrogen) atoms. The number of aryl methyl sites for hydroxylation is 2. The van der Waals surface area contributed by atoms with Crippen LogP contribution in [0.25, 0.3) is 0 Å². The van der Waals surface area contributed by atoms with Gasteiger partial charge in [0.1, 0.15) is 0 Å². The summed E-state index contributed by atoms with van der Waals surface area (Å²) in [5.41, 5.74) is 4.28. The van der Waals surface area contributed by atoms with Gasteiger partial charge >= 0.3 is 0 Å². The minimum Gasteiger partial charge on any atom is -0.316 e. The third-order valence-corrected chi connectivity index (χ3v) is 4.25. The van der Waals surface area contributed by atoms with Crippen LogP contribution in [0.15, 0.2) is 18.2 Å². The first-order chi connectivity index (χ1) is 9.19. The van der Waals surface area contributed by atoms with Crippen LogP contribution >= 0.6 is 0 Å². The van der Waals surface area contributed by atoms with Crippen LogP contribution in [0.2, 0.25) is 0 Å². The Balaban J connectivity index is 1.94. The smallest absolute Gasteiger partial charge is 0.0236 e. The summed E-state index contributed by atoms with van der Waals surface area (Å²) in [4.78, 5) is 2.59. The fraction of sp³-hybridized carbons (Fsp3) is 0.647. The monoisotopic (exact) mass is 260 g/mol. The van der Waals surface area contributed by atoms with E-state index in [0.717, 1.165) is 19.0 Å². The van der Waals surface area contributed by atoms with Crippen molar-refractivity contribution >= 4 is 0 Å². The van der Waals surface area contributed by atoms with Gasteiger partial charge in [-0.15, -0.1) is 0 Å². The number of piperidine rings is 1. The second kappa shape index (κ2) is 7.06. The summed E-state index contributed by atoms with van der Waals surface area (Å²) in [7, 11) is 0. The highest BCUT2D eigenvalue weighted by molar-refractivity contribution is 5.30. The second-order valence-corrected chi connectivity index (χ2v) is 5.97. The SMILES string of the molecule is CCN(Cc1ccc(C)cc1C)CC1CCCNC1. The topological polar surface area (TPSA) is 15.3 Å². The van der Waals surface area contributed by atoms with E-state index in [1.54, 1.807) is 0 Å². The summed E-state index contributed by atoms with van der Waals surface area (Å²) < 4.78 is 0. The van der Waals surface area contributed by atoms with Gasteiger partial charge in [-0.1, -0.05) is 30.7 Å². The molecule has 2 nitrogen and oxygen atoms in total. The molecule has 1 atom stereocenters. The van der Waals surface area contributed by atoms with Crippen LogP contribution in [0.4, 0.5) is 0 Å². The molecule has 0 spiro atoms. The van der Waals surface area contributed by atoms with Crippen molar-refractivity contribution in [2.24, 2.45) is 5.92 Å². The van der Waals surface area contributed by atoms with Crippen LogP contribution in [-0.4, -0.2) is 31.1 Å². The Morgan fingerprint density at radius 2 is 2.16 bits per heavy atom. The molecule has 1 aromatic rings. The largest absolute Gasteiger partial charge is 0.316 e. The zero-order valence-electron chi connectivity index (χ0n) is 12.7. The first-order valence-electron chi connectivity index (χ1n) is 7.68. The average Bonchev–Trinajstić information content (AvgIpc) is 2.42. The van der Waals surface area contributed by atoms with Gasteiger partial charge < -0.3 is 5.32 Å². The lowest BCUT2D eigenvalue weighted by molar-refractivity contribution is 0.209. The summed E-state index contributed by atoms with van der Waals surface area (Å²) in [6.45, 7) is 12.6. The molecule has 2 rings (SSSR count). The Hall–Kier alpha value is -0.860. The van der Waals surface area contributed by atoms with E-state index in [1.165, 1.54) is 49.2 Å². The highest BCUT2D eigenvalue weighted by Crippen LogP contribution is 2.16. The molecule has 0 saturated carbocycles. The number of hydrogen-bond donors (Lipinski definition) is 1. The first kappa shape index (κ1) is 14.5. The van der Waals surface area contributed by atoms with Gasteiger partial charge in [0.15, 0.2) is 0 Å². The van der Waals surface area contributed by atoms with E-state index in [9.17, 15) is 0 Å². The quantitative estimate of drug-likeness (QED) is 0.875. The fourth-order valence-electron chi connectivity index (χ4n) is 3.01. The van der Waals surface area contributed by atoms with E-state index >= 15 is 0 Å². The summed E-state index contributed by atoms with van der Waals surface area (Å²) in [5, 5.41) is 3.52. The van der Waals surface area contributed by atoms with E-state index in [4.69, 9.17) is 0 Å². The summed E-state index contributed by atoms with van der Waals surface area (Å²) in [6, 6.07) is 6.83. The molecule has 1 fully saturated rings. The van der Waals surface area contributed by atoms with Crippen molar-refractivity contribution in [2.45, 2.75) is 40.2 Å². The Kier molecular flexibility index (Phi) is 5.41. The first-order valence-corrected chi connectivity index (χ1v) is 7.68. The summed E-state index contributed by atoms with van der Waals surface area (Å²) in [5.74, 6) is 0.833. The van der Waals surface area contributed by atoms with Gasteiger partial charge in [0, 0.05) is 13.1 Å². The number of nitrogens with zero attached hydrogens (tertiary/aromatic N) is 1. The van der Waals surface area contributed by atoms with E-state index in [-0.39, 0.29) is 0 Å². The van der Waals surface area contributed by atoms with Crippen molar-refractivity contribution in [3.63, 3.8) is 0 Å². The molecule has 0 bridgehead atoms. The molecule has 0 amide bonds. The average molecular weight is 260 g/mol. The lowest BCUT2D eigenvalue weighted by atomic mass is 9.98. The van der Waals surface area contributed by atoms with Crippen molar-refractivity contribution in [3.05, 3.63) is 34.9 Å². The molecule has 0 aromatic heterocycles. The van der Waals surface area contributed by atoms with E-state index in [2.05, 4.69) is 49.2 Å². The number of nitrogens with one attached hydrogen (secondary N) is 1. The van der Waals surface area contributed by atoms with Crippen LogP contribution in [0.5, 0.6) is 0 Å². The molecule has 1 aliphatic heterocycles. The van der Waals surface area contributed by atoms with Gasteiger partial charge in [0.2, 0.25) is 0 Å². The van der Waals surface area contributed by atoms with Gasteiger partial charge in [0.25, 0.3) is 0 Å². The number of benzene rings is 1. The summed E-state index contributed by atoms with van der Waals surface area (Å²) >= 11 is 0. The fourth-order valence-corrected chi connectivity index (χ4v) is 3.01. The predicted octanol–water partition coefficient (Wildman–Crippen LogP) is 3.12. The highest BCUT2D eigenvalue weighted by atomic mass is 15.1. The molecule has 106 valence electrons. The predicted molar refractivity (Wildman–Crippen MR) is 82.5 cm³/mol. The zero-order valence-corrected chi connectivity index (χ0v) is 12.7. The minimum atomic E-state index is 0.833. The van der Waals surface area contributed by atoms with Crippen molar-refractivity contribution in [1.29, 1.82) is 0 Å². The van der Waals surface area contributed by atoms with Crippen molar-refractivity contribution in [1.82, 2.24) is 10.2 Å². The minimum absolute atomic E-state index is 0.833. The lowest BCUT2D eigenvalue weighted by Crippen LogP contribution is -2.38. The Morgan fingerprint density at radius 3 is 2.79 bits per heavy atom. The standard InChI is InChI=1S/C17H28N2/c1-4-19(12-16-6-5-9-18-11-16)13-17-8-7-14(2)10-15(17)3/h7-8,10,16,18H,4-6,9,11-13H2,1-3H3. The van der Waals surface area contributed by atoms with Crippen molar-refractivity contribution in [3.8, 4) is 0 Å². The van der Waals surface area contributed by atoms with Crippen LogP contribution in [-0.2, 0) is 6.54 Å². The van der Waals surface area contributed by atoms with Gasteiger partial charge in [-0.25, -0.2) is 0 Å². The Bertz CT molecular complexity index is 394. The van der Waals surface area contributed by atoms with Crippen LogP contribution in [0, 0.1) is 19.8 Å². The van der Waals surface area contributed by atoms with Gasteiger partial charge in [-0.3, -0.25) is 4.90 Å². The Labute approximate surface area is 118 Å². The van der Waals surface area contributed by atoms with Crippen LogP contribution in [0.1, 0.15) is 36.5 Å². The molecule has 1 aliphatic rings. The molecule has 2 heteroatoms. The van der Waals surface area contributed by atoms with Gasteiger partial charge in [-0.05, 0) is 63.4 Å². The molecule has 0 aliphatic carbocycles. The number of hydrogen-bond acceptors (Lipinski definition) is 2. The van der Waals surface area contributed by atoms with Gasteiger partial charge in [-0.2, -0.15) is 0 Å². The third-order valence-electron chi connectivity index (χ3n) is 4.25. The highest BCUT2D eigenvalue weighted by Gasteiger charge is 2.16. The Morgan fingerprint density at radius 1 is 1.32 bits per heavy atom. The normalized spacial score (nSPS) is 19.9. The molecule has 0 radical (unpaired) electrons. The van der Waals surface area contributed by atoms with Crippen LogP contribution < -0.4 is 5.32 Å². The molecule has 1 heterocycles. The third kappa shape index (κ3) is 4.32. The van der Waals surface area contributed by atoms with Crippen molar-refractivity contribution < 1.29 is 0 Å². The van der Waals surface area contributed by atoms with Crippen LogP contribution in [0.3, 0.4) is 0 Å². The molecule has 1 saturated heterocycles. The molecule has 1 unspecified atom stereocenters. The summed E-state index contributed by atoms with van der Waals surface area (Å²) in [6.07, 6.45) is 2.72. The molecule has 1 N–H and O–H groups in total. The van der Waals surface area contributed by atoms with Crippen molar-refractivity contribution in [2.75, 3.05) is 26.2 Å². The lowest BCUT2D eigenvalue weighted by Gasteiger charge is -2.29. The molecular formula is C17H28N2. The number of rotatable bonds is 5. The zero-order chi connectivity index (χ0) is 13.7. The van der Waals surface area contributed by atoms with E-state index in [0.29, 0.717) is 0 Å². The molecule has 1 aromatic carbocycles. The second-order valence-electron chi connectivity index (χ2n) is 5.97. The van der Waals surface area contributed by atoms with Gasteiger partial charge in [0.05, 0.1) is 0 Å². The molecular weight excluding hydrogens is 232 g/mol. The van der Waals surface area contributed by atoms with E-state index in [1.807, 2.05) is 0 Å². The maximum Gasteiger partial charge on any atom is 0.0236 e. The van der Waals surface area contributed by atoms with E-state index < -0.39 is 0 Å². The maximum absolute atomic E-state index is 3.52.